The first-order valence-electron chi connectivity index (χ1n) is 4.92. The molecule has 0 aromatic carbocycles. The number of esters is 2. The number of hydrogen-bond acceptors (Lipinski definition) is 4. The van der Waals surface area contributed by atoms with Crippen LogP contribution in [0, 0.1) is 5.41 Å². The van der Waals surface area contributed by atoms with Gasteiger partial charge in [0.1, 0.15) is 6.61 Å². The van der Waals surface area contributed by atoms with Crippen LogP contribution in [0.3, 0.4) is 0 Å². The number of alkyl halides is 3. The first-order valence-corrected chi connectivity index (χ1v) is 4.92. The molecule has 0 rings (SSSR count). The van der Waals surface area contributed by atoms with E-state index in [0.29, 0.717) is 0 Å². The Balaban J connectivity index is 3.77. The Morgan fingerprint density at radius 3 is 2.00 bits per heavy atom. The van der Waals surface area contributed by atoms with Gasteiger partial charge in [0.05, 0.1) is 11.8 Å². The zero-order valence-electron chi connectivity index (χ0n) is 9.89. The molecule has 0 fully saturated rings. The molecule has 0 aliphatic rings. The van der Waals surface area contributed by atoms with Gasteiger partial charge in [-0.2, -0.15) is 13.2 Å². The molecule has 100 valence electrons. The second kappa shape index (κ2) is 5.88. The third-order valence-corrected chi connectivity index (χ3v) is 1.55. The summed E-state index contributed by atoms with van der Waals surface area (Å²) >= 11 is 0. The fourth-order valence-electron chi connectivity index (χ4n) is 0.678. The van der Waals surface area contributed by atoms with Crippen molar-refractivity contribution in [3.05, 3.63) is 0 Å². The maximum absolute atomic E-state index is 11.7. The molecule has 0 aliphatic heterocycles. The zero-order chi connectivity index (χ0) is 13.7. The van der Waals surface area contributed by atoms with Crippen molar-refractivity contribution in [1.29, 1.82) is 0 Å². The summed E-state index contributed by atoms with van der Waals surface area (Å²) in [5.74, 6) is -1.58. The van der Waals surface area contributed by atoms with Crippen LogP contribution in [0.2, 0.25) is 0 Å². The Kier molecular flexibility index (Phi) is 5.44. The Labute approximate surface area is 97.1 Å². The van der Waals surface area contributed by atoms with Gasteiger partial charge in [0.25, 0.3) is 0 Å². The molecule has 4 nitrogen and oxygen atoms in total. The number of ether oxygens (including phenoxy) is 2. The van der Waals surface area contributed by atoms with Crippen molar-refractivity contribution in [3.63, 3.8) is 0 Å². The molecule has 0 aliphatic carbocycles. The molecular formula is C10H15F3O4. The SMILES string of the molecule is CC(C)(C)C(=O)OCCC(=O)OCC(F)(F)F. The summed E-state index contributed by atoms with van der Waals surface area (Å²) in [6, 6.07) is 0. The second-order valence-corrected chi connectivity index (χ2v) is 4.41. The number of carbonyl (C=O) groups excluding carboxylic acids is 2. The Morgan fingerprint density at radius 2 is 1.59 bits per heavy atom. The quantitative estimate of drug-likeness (QED) is 0.722. The first kappa shape index (κ1) is 15.7. The molecule has 0 aromatic rings. The van der Waals surface area contributed by atoms with Gasteiger partial charge < -0.3 is 9.47 Å². The largest absolute Gasteiger partial charge is 0.465 e. The minimum absolute atomic E-state index is 0.285. The van der Waals surface area contributed by atoms with Crippen LogP contribution in [0.5, 0.6) is 0 Å². The highest BCUT2D eigenvalue weighted by molar-refractivity contribution is 5.76. The van der Waals surface area contributed by atoms with E-state index in [1.165, 1.54) is 0 Å². The highest BCUT2D eigenvalue weighted by Gasteiger charge is 2.29. The molecule has 0 unspecified atom stereocenters. The normalized spacial score (nSPS) is 12.1. The summed E-state index contributed by atoms with van der Waals surface area (Å²) in [6.45, 7) is 2.96. The lowest BCUT2D eigenvalue weighted by molar-refractivity contribution is -0.187. The monoisotopic (exact) mass is 256 g/mol. The smallest absolute Gasteiger partial charge is 0.422 e. The number of hydrogen-bond donors (Lipinski definition) is 0. The molecule has 0 bridgehead atoms. The van der Waals surface area contributed by atoms with Gasteiger partial charge in [-0.15, -0.1) is 0 Å². The average Bonchev–Trinajstić information content (AvgIpc) is 2.12. The minimum atomic E-state index is -4.54. The maximum Gasteiger partial charge on any atom is 0.422 e. The summed E-state index contributed by atoms with van der Waals surface area (Å²) in [4.78, 5) is 22.0. The van der Waals surface area contributed by atoms with Crippen LogP contribution in [-0.2, 0) is 19.1 Å². The van der Waals surface area contributed by atoms with Gasteiger partial charge in [-0.25, -0.2) is 0 Å². The molecule has 0 spiro atoms. The molecule has 0 saturated carbocycles. The van der Waals surface area contributed by atoms with Gasteiger partial charge >= 0.3 is 18.1 Å². The highest BCUT2D eigenvalue weighted by Crippen LogP contribution is 2.16. The molecule has 17 heavy (non-hydrogen) atoms. The lowest BCUT2D eigenvalue weighted by atomic mass is 9.97. The van der Waals surface area contributed by atoms with Crippen molar-refractivity contribution in [2.45, 2.75) is 33.4 Å². The summed E-state index contributed by atoms with van der Waals surface area (Å²) in [5, 5.41) is 0. The topological polar surface area (TPSA) is 52.6 Å². The first-order chi connectivity index (χ1) is 7.52. The van der Waals surface area contributed by atoms with Crippen LogP contribution in [0.25, 0.3) is 0 Å². The van der Waals surface area contributed by atoms with E-state index in [-0.39, 0.29) is 6.61 Å². The van der Waals surface area contributed by atoms with Gasteiger partial charge in [-0.05, 0) is 20.8 Å². The van der Waals surface area contributed by atoms with Crippen molar-refractivity contribution >= 4 is 11.9 Å². The third-order valence-electron chi connectivity index (χ3n) is 1.55. The van der Waals surface area contributed by atoms with Crippen molar-refractivity contribution in [3.8, 4) is 0 Å². The zero-order valence-corrected chi connectivity index (χ0v) is 9.89. The van der Waals surface area contributed by atoms with E-state index in [4.69, 9.17) is 0 Å². The molecular weight excluding hydrogens is 241 g/mol. The van der Waals surface area contributed by atoms with Gasteiger partial charge in [0, 0.05) is 0 Å². The fraction of sp³-hybridized carbons (Fsp3) is 0.800. The Morgan fingerprint density at radius 1 is 1.06 bits per heavy atom. The molecule has 0 amide bonds. The van der Waals surface area contributed by atoms with Crippen molar-refractivity contribution in [2.75, 3.05) is 13.2 Å². The van der Waals surface area contributed by atoms with E-state index < -0.39 is 36.6 Å². The van der Waals surface area contributed by atoms with Crippen LogP contribution >= 0.6 is 0 Å². The molecule has 0 radical (unpaired) electrons. The van der Waals surface area contributed by atoms with E-state index in [9.17, 15) is 22.8 Å². The van der Waals surface area contributed by atoms with Crippen molar-refractivity contribution in [2.24, 2.45) is 5.41 Å². The van der Waals surface area contributed by atoms with Gasteiger partial charge in [-0.3, -0.25) is 9.59 Å². The minimum Gasteiger partial charge on any atom is -0.465 e. The van der Waals surface area contributed by atoms with Crippen LogP contribution < -0.4 is 0 Å². The van der Waals surface area contributed by atoms with Crippen molar-refractivity contribution in [1.82, 2.24) is 0 Å². The lowest BCUT2D eigenvalue weighted by Gasteiger charge is -2.16. The lowest BCUT2D eigenvalue weighted by Crippen LogP contribution is -2.25. The second-order valence-electron chi connectivity index (χ2n) is 4.41. The van der Waals surface area contributed by atoms with Crippen LogP contribution in [0.4, 0.5) is 13.2 Å². The Hall–Kier alpha value is -1.27. The Bertz CT molecular complexity index is 278. The molecule has 0 heterocycles. The van der Waals surface area contributed by atoms with Crippen molar-refractivity contribution < 1.29 is 32.2 Å². The summed E-state index contributed by atoms with van der Waals surface area (Å²) in [5.41, 5.74) is -0.712. The maximum atomic E-state index is 11.7. The average molecular weight is 256 g/mol. The van der Waals surface area contributed by atoms with Gasteiger partial charge in [-0.1, -0.05) is 0 Å². The van der Waals surface area contributed by atoms with E-state index in [1.807, 2.05) is 0 Å². The summed E-state index contributed by atoms with van der Waals surface area (Å²) < 4.78 is 43.6. The fourth-order valence-corrected chi connectivity index (χ4v) is 0.678. The van der Waals surface area contributed by atoms with Crippen LogP contribution in [0.15, 0.2) is 0 Å². The van der Waals surface area contributed by atoms with Crippen LogP contribution in [0.1, 0.15) is 27.2 Å². The third kappa shape index (κ3) is 8.53. The van der Waals surface area contributed by atoms with Crippen LogP contribution in [-0.4, -0.2) is 31.3 Å². The summed E-state index contributed by atoms with van der Waals surface area (Å²) in [6.07, 6.45) is -4.93. The van der Waals surface area contributed by atoms with E-state index in [1.54, 1.807) is 20.8 Å². The standard InChI is InChI=1S/C10H15F3O4/c1-9(2,3)8(15)16-5-4-7(14)17-6-10(11,12)13/h4-6H2,1-3H3. The van der Waals surface area contributed by atoms with E-state index >= 15 is 0 Å². The molecule has 0 atom stereocenters. The van der Waals surface area contributed by atoms with E-state index in [2.05, 4.69) is 9.47 Å². The number of rotatable bonds is 4. The molecule has 0 N–H and O–H groups in total. The van der Waals surface area contributed by atoms with E-state index in [0.717, 1.165) is 0 Å². The van der Waals surface area contributed by atoms with Gasteiger partial charge in [0.2, 0.25) is 0 Å². The predicted molar refractivity (Wildman–Crippen MR) is 52.0 cm³/mol. The highest BCUT2D eigenvalue weighted by atomic mass is 19.4. The number of carbonyl (C=O) groups is 2. The van der Waals surface area contributed by atoms with Gasteiger partial charge in [0.15, 0.2) is 6.61 Å². The summed E-state index contributed by atoms with van der Waals surface area (Å²) in [7, 11) is 0. The predicted octanol–water partition coefficient (Wildman–Crippen LogP) is 2.07. The molecule has 7 heteroatoms. The number of halogens is 3. The molecule has 0 aromatic heterocycles. The molecule has 0 saturated heterocycles.